The number of ether oxygens (including phenoxy) is 1. The fourth-order valence-electron chi connectivity index (χ4n) is 3.61. The van der Waals surface area contributed by atoms with E-state index in [0.717, 1.165) is 22.5 Å². The zero-order valence-corrected chi connectivity index (χ0v) is 16.8. The van der Waals surface area contributed by atoms with Gasteiger partial charge in [0, 0.05) is 18.1 Å². The van der Waals surface area contributed by atoms with Gasteiger partial charge in [-0.25, -0.2) is 9.07 Å². The van der Waals surface area contributed by atoms with Crippen LogP contribution in [-0.2, 0) is 0 Å². The average molecular weight is 406 g/mol. The van der Waals surface area contributed by atoms with Gasteiger partial charge in [0.05, 0.1) is 22.5 Å². The van der Waals surface area contributed by atoms with Crippen LogP contribution in [0, 0.1) is 19.7 Å². The van der Waals surface area contributed by atoms with Gasteiger partial charge in [-0.3, -0.25) is 0 Å². The fourth-order valence-corrected chi connectivity index (χ4v) is 3.61. The molecule has 4 rings (SSSR count). The van der Waals surface area contributed by atoms with E-state index in [4.69, 9.17) is 16.2 Å². The number of fused-ring (bicyclic) bond motifs is 1. The normalized spacial score (nSPS) is 12.3. The van der Waals surface area contributed by atoms with Gasteiger partial charge in [0.15, 0.2) is 5.82 Å². The second-order valence-corrected chi connectivity index (χ2v) is 7.09. The number of rotatable bonds is 6. The Kier molecular flexibility index (Phi) is 5.33. The maximum absolute atomic E-state index is 14.3. The molecule has 0 spiro atoms. The molecule has 0 saturated carbocycles. The quantitative estimate of drug-likeness (QED) is 0.507. The van der Waals surface area contributed by atoms with Crippen molar-refractivity contribution in [1.82, 2.24) is 20.0 Å². The number of benzene rings is 2. The Morgan fingerprint density at radius 1 is 1.10 bits per heavy atom. The Morgan fingerprint density at radius 3 is 2.63 bits per heavy atom. The van der Waals surface area contributed by atoms with Gasteiger partial charge >= 0.3 is 0 Å². The Labute approximate surface area is 173 Å². The highest BCUT2D eigenvalue weighted by Gasteiger charge is 2.18. The summed E-state index contributed by atoms with van der Waals surface area (Å²) in [7, 11) is 0. The summed E-state index contributed by atoms with van der Waals surface area (Å²) in [6, 6.07) is 14.0. The number of nitrogens with two attached hydrogens (primary N) is 2. The second kappa shape index (κ2) is 8.08. The minimum absolute atomic E-state index is 0.285. The number of nitrogen functional groups attached to an aromatic ring is 1. The Hall–Kier alpha value is -3.52. The van der Waals surface area contributed by atoms with Crippen LogP contribution in [0.3, 0.4) is 0 Å². The predicted octanol–water partition coefficient (Wildman–Crippen LogP) is 3.62. The van der Waals surface area contributed by atoms with Crippen molar-refractivity contribution in [3.63, 3.8) is 0 Å². The average Bonchev–Trinajstić information content (AvgIpc) is 3.10. The van der Waals surface area contributed by atoms with Crippen LogP contribution in [-0.4, -0.2) is 26.5 Å². The van der Waals surface area contributed by atoms with Crippen molar-refractivity contribution in [2.75, 3.05) is 12.3 Å². The molecule has 4 aromatic rings. The van der Waals surface area contributed by atoms with Gasteiger partial charge in [0.25, 0.3) is 0 Å². The summed E-state index contributed by atoms with van der Waals surface area (Å²) in [6.45, 7) is 4.20. The topological polar surface area (TPSA) is 105 Å². The van der Waals surface area contributed by atoms with Crippen molar-refractivity contribution >= 4 is 16.7 Å². The third-order valence-corrected chi connectivity index (χ3v) is 5.05. The lowest BCUT2D eigenvalue weighted by molar-refractivity contribution is 0.193. The van der Waals surface area contributed by atoms with Crippen molar-refractivity contribution in [2.45, 2.75) is 26.4 Å². The minimum atomic E-state index is -0.490. The van der Waals surface area contributed by atoms with Gasteiger partial charge in [-0.15, -0.1) is 5.10 Å². The van der Waals surface area contributed by atoms with Crippen LogP contribution in [0.25, 0.3) is 16.6 Å². The smallest absolute Gasteiger partial charge is 0.174 e. The number of aromatic nitrogens is 4. The van der Waals surface area contributed by atoms with Gasteiger partial charge in [-0.2, -0.15) is 10.2 Å². The molecule has 0 saturated heterocycles. The van der Waals surface area contributed by atoms with E-state index in [1.54, 1.807) is 22.9 Å². The van der Waals surface area contributed by atoms with Crippen LogP contribution in [0.15, 0.2) is 48.5 Å². The standard InChI is InChI=1S/C22H23FN6O/c1-13-20-14(2)29(28-21(20)22(25)27-26-13)15-6-5-7-16(12-15)30-19(10-11-24)17-8-3-4-9-18(17)23/h3-9,12,19H,10-11,24H2,1-2H3,(H2,25,27). The van der Waals surface area contributed by atoms with Crippen molar-refractivity contribution < 1.29 is 9.13 Å². The zero-order valence-electron chi connectivity index (χ0n) is 16.8. The third-order valence-electron chi connectivity index (χ3n) is 5.05. The number of halogens is 1. The summed E-state index contributed by atoms with van der Waals surface area (Å²) >= 11 is 0. The maximum atomic E-state index is 14.3. The largest absolute Gasteiger partial charge is 0.486 e. The molecule has 8 heteroatoms. The minimum Gasteiger partial charge on any atom is -0.486 e. The molecule has 154 valence electrons. The summed E-state index contributed by atoms with van der Waals surface area (Å²) in [6.07, 6.45) is -0.00125. The van der Waals surface area contributed by atoms with Crippen LogP contribution >= 0.6 is 0 Å². The molecule has 0 radical (unpaired) electrons. The molecule has 0 aliphatic carbocycles. The first-order valence-electron chi connectivity index (χ1n) is 9.69. The number of hydrogen-bond acceptors (Lipinski definition) is 6. The van der Waals surface area contributed by atoms with Crippen molar-refractivity contribution in [1.29, 1.82) is 0 Å². The molecule has 30 heavy (non-hydrogen) atoms. The molecule has 2 aromatic heterocycles. The van der Waals surface area contributed by atoms with Gasteiger partial charge in [0.2, 0.25) is 0 Å². The molecular weight excluding hydrogens is 383 g/mol. The van der Waals surface area contributed by atoms with E-state index in [9.17, 15) is 4.39 Å². The van der Waals surface area contributed by atoms with Gasteiger partial charge < -0.3 is 16.2 Å². The Bertz CT molecular complexity index is 1210. The highest BCUT2D eigenvalue weighted by atomic mass is 19.1. The van der Waals surface area contributed by atoms with Crippen LogP contribution in [0.5, 0.6) is 5.75 Å². The summed E-state index contributed by atoms with van der Waals surface area (Å²) in [5.41, 5.74) is 15.3. The summed E-state index contributed by atoms with van der Waals surface area (Å²) in [4.78, 5) is 0. The third kappa shape index (κ3) is 3.57. The molecule has 0 amide bonds. The second-order valence-electron chi connectivity index (χ2n) is 7.09. The number of anilines is 1. The van der Waals surface area contributed by atoms with Gasteiger partial charge in [-0.1, -0.05) is 24.3 Å². The number of aryl methyl sites for hydroxylation is 2. The predicted molar refractivity (Wildman–Crippen MR) is 114 cm³/mol. The highest BCUT2D eigenvalue weighted by molar-refractivity contribution is 5.91. The molecule has 0 aliphatic rings. The van der Waals surface area contributed by atoms with Crippen LogP contribution < -0.4 is 16.2 Å². The molecule has 7 nitrogen and oxygen atoms in total. The van der Waals surface area contributed by atoms with E-state index in [0.29, 0.717) is 29.8 Å². The fraction of sp³-hybridized carbons (Fsp3) is 0.227. The molecule has 0 bridgehead atoms. The molecule has 0 fully saturated rings. The SMILES string of the molecule is Cc1nnc(N)c2nn(-c3cccc(OC(CCN)c4ccccc4F)c3)c(C)c12. The monoisotopic (exact) mass is 406 g/mol. The molecule has 0 aliphatic heterocycles. The summed E-state index contributed by atoms with van der Waals surface area (Å²) in [5.74, 6) is 0.564. The zero-order chi connectivity index (χ0) is 21.3. The Balaban J connectivity index is 1.72. The molecule has 2 aromatic carbocycles. The van der Waals surface area contributed by atoms with Gasteiger partial charge in [-0.05, 0) is 38.6 Å². The molecule has 4 N–H and O–H groups in total. The van der Waals surface area contributed by atoms with E-state index < -0.39 is 6.10 Å². The van der Waals surface area contributed by atoms with Gasteiger partial charge in [0.1, 0.15) is 23.2 Å². The van der Waals surface area contributed by atoms with Crippen LogP contribution in [0.2, 0.25) is 0 Å². The molecular formula is C22H23FN6O. The number of hydrogen-bond donors (Lipinski definition) is 2. The highest BCUT2D eigenvalue weighted by Crippen LogP contribution is 2.30. The Morgan fingerprint density at radius 2 is 1.90 bits per heavy atom. The molecule has 1 unspecified atom stereocenters. The van der Waals surface area contributed by atoms with Crippen molar-refractivity contribution in [3.8, 4) is 11.4 Å². The van der Waals surface area contributed by atoms with E-state index in [-0.39, 0.29) is 11.6 Å². The van der Waals surface area contributed by atoms with E-state index >= 15 is 0 Å². The van der Waals surface area contributed by atoms with Crippen molar-refractivity contribution in [2.24, 2.45) is 5.73 Å². The first-order chi connectivity index (χ1) is 14.5. The lowest BCUT2D eigenvalue weighted by atomic mass is 10.1. The number of nitrogens with zero attached hydrogens (tertiary/aromatic N) is 4. The molecule has 2 heterocycles. The van der Waals surface area contributed by atoms with E-state index in [1.807, 2.05) is 38.1 Å². The van der Waals surface area contributed by atoms with Crippen LogP contribution in [0.4, 0.5) is 10.2 Å². The maximum Gasteiger partial charge on any atom is 0.174 e. The first-order valence-corrected chi connectivity index (χ1v) is 9.69. The summed E-state index contributed by atoms with van der Waals surface area (Å²) in [5, 5.41) is 13.5. The van der Waals surface area contributed by atoms with E-state index in [1.165, 1.54) is 6.07 Å². The summed E-state index contributed by atoms with van der Waals surface area (Å²) < 4.78 is 22.2. The van der Waals surface area contributed by atoms with E-state index in [2.05, 4.69) is 15.3 Å². The lowest BCUT2D eigenvalue weighted by Crippen LogP contribution is -2.14. The first kappa shape index (κ1) is 19.8. The molecule has 1 atom stereocenters. The van der Waals surface area contributed by atoms with Crippen molar-refractivity contribution in [3.05, 3.63) is 71.3 Å². The van der Waals surface area contributed by atoms with Crippen LogP contribution in [0.1, 0.15) is 29.5 Å². The lowest BCUT2D eigenvalue weighted by Gasteiger charge is -2.20.